The number of carboxylic acids is 1. The second-order valence-corrected chi connectivity index (χ2v) is 15.5. The van der Waals surface area contributed by atoms with Crippen molar-refractivity contribution in [3.8, 4) is 5.75 Å². The Bertz CT molecular complexity index is 1390. The second-order valence-electron chi connectivity index (χ2n) is 15.5. The molecule has 2 aromatic rings. The number of anilines is 1. The fourth-order valence-corrected chi connectivity index (χ4v) is 6.11. The van der Waals surface area contributed by atoms with Crippen molar-refractivity contribution in [2.75, 3.05) is 38.1 Å². The van der Waals surface area contributed by atoms with Gasteiger partial charge in [0.1, 0.15) is 11.4 Å². The van der Waals surface area contributed by atoms with Crippen LogP contribution in [0, 0.1) is 11.2 Å². The number of hydrogen-bond acceptors (Lipinski definition) is 6. The molecule has 2 N–H and O–H groups in total. The zero-order valence-electron chi connectivity index (χ0n) is 29.5. The highest BCUT2D eigenvalue weighted by Gasteiger charge is 2.36. The van der Waals surface area contributed by atoms with E-state index in [4.69, 9.17) is 14.5 Å². The van der Waals surface area contributed by atoms with Gasteiger partial charge in [-0.05, 0) is 101 Å². The number of aromatic nitrogens is 1. The molecule has 1 saturated heterocycles. The Balaban J connectivity index is 1.33. The normalized spacial score (nSPS) is 16.2. The van der Waals surface area contributed by atoms with Gasteiger partial charge in [-0.25, -0.2) is 14.2 Å². The van der Waals surface area contributed by atoms with Crippen molar-refractivity contribution < 1.29 is 28.6 Å². The number of benzene rings is 1. The Morgan fingerprint density at radius 2 is 1.81 bits per heavy atom. The number of carbonyl (C=O) groups excluding carboxylic acids is 1. The molecular formula is C37H55FN4O5. The number of ether oxygens (including phenoxy) is 2. The molecule has 47 heavy (non-hydrogen) atoms. The number of aliphatic carboxylic acids is 1. The molecule has 1 aromatic carbocycles. The van der Waals surface area contributed by atoms with Crippen molar-refractivity contribution in [3.05, 3.63) is 53.0 Å². The maximum absolute atomic E-state index is 15.5. The van der Waals surface area contributed by atoms with Crippen molar-refractivity contribution >= 4 is 17.8 Å². The molecule has 3 heterocycles. The van der Waals surface area contributed by atoms with Crippen LogP contribution >= 0.6 is 0 Å². The molecule has 2 aliphatic rings. The molecule has 2 amide bonds. The van der Waals surface area contributed by atoms with Crippen LogP contribution in [-0.4, -0.2) is 75.9 Å². The number of aryl methyl sites for hydroxylation is 2. The van der Waals surface area contributed by atoms with E-state index in [1.165, 1.54) is 17.7 Å². The summed E-state index contributed by atoms with van der Waals surface area (Å²) >= 11 is 0. The lowest BCUT2D eigenvalue weighted by Gasteiger charge is -2.32. The Hall–Kier alpha value is -3.40. The van der Waals surface area contributed by atoms with E-state index < -0.39 is 23.4 Å². The van der Waals surface area contributed by atoms with Crippen LogP contribution in [0.2, 0.25) is 0 Å². The van der Waals surface area contributed by atoms with Crippen LogP contribution in [0.4, 0.5) is 15.0 Å². The first kappa shape index (κ1) is 36.4. The standard InChI is InChI=1S/C37H55FN4O5/c1-35(2,3)16-17-36(4,5)46-23-18-37(6,7)47-31-15-13-27(24-29(31)38)30(25-32(43)44)42-22-21-41(34(42)45)20-9-11-28-14-12-26-10-8-19-39-33(26)40-28/h12-15,24,30H,8-11,16-23,25H2,1-7H3,(H,39,40)(H,43,44)/t30-/m0/s1. The molecular weight excluding hydrogens is 599 g/mol. The monoisotopic (exact) mass is 654 g/mol. The van der Waals surface area contributed by atoms with Gasteiger partial charge < -0.3 is 29.7 Å². The first-order chi connectivity index (χ1) is 22.0. The van der Waals surface area contributed by atoms with E-state index in [-0.39, 0.29) is 29.2 Å². The quantitative estimate of drug-likeness (QED) is 0.192. The van der Waals surface area contributed by atoms with Gasteiger partial charge in [0.25, 0.3) is 0 Å². The average Bonchev–Trinajstić information content (AvgIpc) is 3.34. The van der Waals surface area contributed by atoms with Gasteiger partial charge in [-0.3, -0.25) is 4.79 Å². The Morgan fingerprint density at radius 3 is 2.51 bits per heavy atom. The summed E-state index contributed by atoms with van der Waals surface area (Å²) in [4.78, 5) is 33.3. The van der Waals surface area contributed by atoms with Gasteiger partial charge in [-0.1, -0.05) is 32.9 Å². The molecule has 0 spiro atoms. The number of nitrogens with zero attached hydrogens (tertiary/aromatic N) is 3. The van der Waals surface area contributed by atoms with Gasteiger partial charge in [-0.15, -0.1) is 0 Å². The number of pyridine rings is 1. The summed E-state index contributed by atoms with van der Waals surface area (Å²) in [5.74, 6) is -0.602. The van der Waals surface area contributed by atoms with E-state index in [0.717, 1.165) is 56.6 Å². The highest BCUT2D eigenvalue weighted by atomic mass is 19.1. The van der Waals surface area contributed by atoms with Crippen molar-refractivity contribution in [1.29, 1.82) is 0 Å². The molecule has 1 aromatic heterocycles. The van der Waals surface area contributed by atoms with Crippen LogP contribution in [0.5, 0.6) is 5.75 Å². The number of nitrogens with one attached hydrogen (secondary N) is 1. The highest BCUT2D eigenvalue weighted by Crippen LogP contribution is 2.33. The van der Waals surface area contributed by atoms with Gasteiger partial charge in [0.05, 0.1) is 24.7 Å². The molecule has 0 aliphatic carbocycles. The molecule has 0 radical (unpaired) electrons. The highest BCUT2D eigenvalue weighted by molar-refractivity contribution is 5.78. The van der Waals surface area contributed by atoms with Crippen molar-refractivity contribution in [3.63, 3.8) is 0 Å². The molecule has 0 saturated carbocycles. The van der Waals surface area contributed by atoms with Gasteiger partial charge in [0.15, 0.2) is 11.6 Å². The van der Waals surface area contributed by atoms with Gasteiger partial charge in [-0.2, -0.15) is 0 Å². The van der Waals surface area contributed by atoms with E-state index >= 15 is 4.39 Å². The minimum Gasteiger partial charge on any atom is -0.485 e. The van der Waals surface area contributed by atoms with Crippen LogP contribution in [0.1, 0.15) is 110 Å². The SMILES string of the molecule is CC(C)(C)CCC(C)(C)OCCC(C)(C)Oc1ccc([C@H](CC(=O)O)N2CCN(CCCc3ccc4c(n3)NCCC4)C2=O)cc1F. The maximum Gasteiger partial charge on any atom is 0.320 e. The molecule has 0 bridgehead atoms. The van der Waals surface area contributed by atoms with Crippen LogP contribution in [0.3, 0.4) is 0 Å². The van der Waals surface area contributed by atoms with Crippen LogP contribution in [-0.2, 0) is 22.4 Å². The molecule has 0 unspecified atom stereocenters. The minimum atomic E-state index is -1.05. The smallest absolute Gasteiger partial charge is 0.320 e. The van der Waals surface area contributed by atoms with Gasteiger partial charge in [0, 0.05) is 38.3 Å². The third-order valence-electron chi connectivity index (χ3n) is 9.08. The number of carbonyl (C=O) groups is 2. The van der Waals surface area contributed by atoms with Crippen LogP contribution < -0.4 is 10.1 Å². The van der Waals surface area contributed by atoms with E-state index in [1.54, 1.807) is 15.9 Å². The Kier molecular flexibility index (Phi) is 11.8. The van der Waals surface area contributed by atoms with E-state index in [2.05, 4.69) is 52.1 Å². The van der Waals surface area contributed by atoms with Crippen molar-refractivity contribution in [1.82, 2.24) is 14.8 Å². The summed E-state index contributed by atoms with van der Waals surface area (Å²) < 4.78 is 27.7. The number of amides is 2. The third kappa shape index (κ3) is 10.8. The lowest BCUT2D eigenvalue weighted by atomic mass is 9.86. The fourth-order valence-electron chi connectivity index (χ4n) is 6.11. The zero-order valence-corrected chi connectivity index (χ0v) is 29.5. The second kappa shape index (κ2) is 15.2. The number of hydrogen-bond donors (Lipinski definition) is 2. The summed E-state index contributed by atoms with van der Waals surface area (Å²) in [6, 6.07) is 7.66. The average molecular weight is 655 g/mol. The summed E-state index contributed by atoms with van der Waals surface area (Å²) in [6.45, 7) is 17.4. The first-order valence-electron chi connectivity index (χ1n) is 17.1. The summed E-state index contributed by atoms with van der Waals surface area (Å²) in [6.07, 6.45) is 5.85. The predicted molar refractivity (Wildman–Crippen MR) is 182 cm³/mol. The number of fused-ring (bicyclic) bond motifs is 1. The summed E-state index contributed by atoms with van der Waals surface area (Å²) in [5, 5.41) is 13.1. The topological polar surface area (TPSA) is 104 Å². The van der Waals surface area contributed by atoms with E-state index in [1.807, 2.05) is 13.8 Å². The first-order valence-corrected chi connectivity index (χ1v) is 17.1. The lowest BCUT2D eigenvalue weighted by molar-refractivity contribution is -0.138. The van der Waals surface area contributed by atoms with Gasteiger partial charge in [0.2, 0.25) is 0 Å². The van der Waals surface area contributed by atoms with E-state index in [9.17, 15) is 14.7 Å². The lowest BCUT2D eigenvalue weighted by Crippen LogP contribution is -2.36. The Morgan fingerprint density at radius 1 is 1.04 bits per heavy atom. The molecule has 260 valence electrons. The largest absolute Gasteiger partial charge is 0.485 e. The molecule has 1 atom stereocenters. The fraction of sp³-hybridized carbons (Fsp3) is 0.649. The number of halogens is 1. The Labute approximate surface area is 280 Å². The number of rotatable bonds is 16. The van der Waals surface area contributed by atoms with Crippen molar-refractivity contribution in [2.45, 2.75) is 117 Å². The minimum absolute atomic E-state index is 0.0835. The summed E-state index contributed by atoms with van der Waals surface area (Å²) in [7, 11) is 0. The maximum atomic E-state index is 15.5. The third-order valence-corrected chi connectivity index (χ3v) is 9.08. The molecule has 2 aliphatic heterocycles. The van der Waals surface area contributed by atoms with Crippen LogP contribution in [0.15, 0.2) is 30.3 Å². The van der Waals surface area contributed by atoms with Crippen LogP contribution in [0.25, 0.3) is 0 Å². The van der Waals surface area contributed by atoms with Gasteiger partial charge >= 0.3 is 12.0 Å². The predicted octanol–water partition coefficient (Wildman–Crippen LogP) is 7.63. The molecule has 4 rings (SSSR count). The molecule has 10 heteroatoms. The van der Waals surface area contributed by atoms with E-state index in [0.29, 0.717) is 38.2 Å². The summed E-state index contributed by atoms with van der Waals surface area (Å²) in [5.41, 5.74) is 1.92. The number of urea groups is 1. The molecule has 9 nitrogen and oxygen atoms in total. The number of carboxylic acid groups (broad SMARTS) is 1. The zero-order chi connectivity index (χ0) is 34.4. The molecule has 1 fully saturated rings. The van der Waals surface area contributed by atoms with Crippen molar-refractivity contribution in [2.24, 2.45) is 5.41 Å².